The molecule has 2 aromatic carbocycles. The number of nitrogens with one attached hydrogen (secondary N) is 1. The zero-order valence-electron chi connectivity index (χ0n) is 19.4. The monoisotopic (exact) mass is 432 g/mol. The Balaban J connectivity index is 1.47. The van der Waals surface area contributed by atoms with Crippen LogP contribution in [0.5, 0.6) is 0 Å². The van der Waals surface area contributed by atoms with Gasteiger partial charge in [0.2, 0.25) is 0 Å². The van der Waals surface area contributed by atoms with Crippen molar-refractivity contribution in [3.8, 4) is 11.3 Å². The highest BCUT2D eigenvalue weighted by Gasteiger charge is 2.39. The van der Waals surface area contributed by atoms with E-state index in [9.17, 15) is 0 Å². The van der Waals surface area contributed by atoms with Gasteiger partial charge in [-0.15, -0.1) is 0 Å². The molecule has 3 heteroatoms. The third kappa shape index (κ3) is 3.06. The summed E-state index contributed by atoms with van der Waals surface area (Å²) in [4.78, 5) is 2.34. The van der Waals surface area contributed by atoms with Gasteiger partial charge in [-0.05, 0) is 77.1 Å². The molecule has 0 fully saturated rings. The van der Waals surface area contributed by atoms with Crippen molar-refractivity contribution in [2.24, 2.45) is 0 Å². The van der Waals surface area contributed by atoms with Crippen LogP contribution in [0, 0.1) is 5.41 Å². The molecule has 3 nitrogen and oxygen atoms in total. The fraction of sp³-hybridized carbons (Fsp3) is 0.233. The number of benzene rings is 3. The largest absolute Gasteiger partial charge is 0.456 e. The lowest BCUT2D eigenvalue weighted by molar-refractivity contribution is 0.526. The molecule has 0 unspecified atom stereocenters. The fourth-order valence-corrected chi connectivity index (χ4v) is 5.74. The van der Waals surface area contributed by atoms with Crippen LogP contribution in [0.2, 0.25) is 0 Å². The van der Waals surface area contributed by atoms with E-state index in [-0.39, 0.29) is 5.41 Å². The fourth-order valence-electron chi connectivity index (χ4n) is 5.74. The number of nitrogens with zero attached hydrogens (tertiary/aromatic N) is 1. The van der Waals surface area contributed by atoms with Gasteiger partial charge in [-0.1, -0.05) is 50.3 Å². The molecule has 2 aliphatic carbocycles. The first-order valence-corrected chi connectivity index (χ1v) is 11.7. The molecule has 0 radical (unpaired) electrons. The Hall–Kier alpha value is -3.59. The van der Waals surface area contributed by atoms with Crippen LogP contribution in [0.3, 0.4) is 0 Å². The van der Waals surface area contributed by atoms with Crippen LogP contribution in [0.1, 0.15) is 43.6 Å². The first kappa shape index (κ1) is 20.0. The Labute approximate surface area is 194 Å². The Morgan fingerprint density at radius 2 is 1.82 bits per heavy atom. The van der Waals surface area contributed by atoms with Gasteiger partial charge in [0.05, 0.1) is 5.36 Å². The second kappa shape index (κ2) is 7.21. The molecule has 2 aliphatic heterocycles. The summed E-state index contributed by atoms with van der Waals surface area (Å²) in [5.41, 5.74) is 7.46. The SMILES string of the molecule is CN1/C(=C/C=C2\CCCc3cc4ccc(=N)cc-4oc32)C(C)(C)c2c1ccc1ccccc21. The predicted octanol–water partition coefficient (Wildman–Crippen LogP) is 7.05. The molecule has 0 saturated heterocycles. The molecule has 6 rings (SSSR count). The number of allylic oxidation sites excluding steroid dienone is 4. The Kier molecular flexibility index (Phi) is 4.38. The lowest BCUT2D eigenvalue weighted by Crippen LogP contribution is -2.22. The molecule has 0 atom stereocenters. The van der Waals surface area contributed by atoms with Gasteiger partial charge in [0, 0.05) is 35.5 Å². The number of anilines is 1. The average molecular weight is 433 g/mol. The van der Waals surface area contributed by atoms with Crippen LogP contribution in [-0.2, 0) is 11.8 Å². The van der Waals surface area contributed by atoms with Crippen LogP contribution in [-0.4, -0.2) is 7.05 Å². The van der Waals surface area contributed by atoms with E-state index >= 15 is 0 Å². The topological polar surface area (TPSA) is 40.2 Å². The number of hydrogen-bond acceptors (Lipinski definition) is 3. The van der Waals surface area contributed by atoms with E-state index in [0.717, 1.165) is 36.3 Å². The lowest BCUT2D eigenvalue weighted by atomic mass is 9.81. The molecule has 0 amide bonds. The van der Waals surface area contributed by atoms with Crippen molar-refractivity contribution in [2.45, 2.75) is 38.5 Å². The van der Waals surface area contributed by atoms with Crippen molar-refractivity contribution >= 4 is 22.0 Å². The number of likely N-dealkylation sites (N-methyl/N-ethyl adjacent to an activating group) is 1. The summed E-state index contributed by atoms with van der Waals surface area (Å²) >= 11 is 0. The van der Waals surface area contributed by atoms with Gasteiger partial charge in [0.1, 0.15) is 11.5 Å². The van der Waals surface area contributed by atoms with Crippen molar-refractivity contribution < 1.29 is 4.42 Å². The van der Waals surface area contributed by atoms with E-state index in [1.54, 1.807) is 0 Å². The average Bonchev–Trinajstić information content (AvgIpc) is 3.01. The highest BCUT2D eigenvalue weighted by atomic mass is 16.3. The minimum absolute atomic E-state index is 0.0971. The highest BCUT2D eigenvalue weighted by molar-refractivity contribution is 5.94. The maximum atomic E-state index is 7.96. The molecular weight excluding hydrogens is 404 g/mol. The van der Waals surface area contributed by atoms with E-state index in [0.29, 0.717) is 5.36 Å². The summed E-state index contributed by atoms with van der Waals surface area (Å²) < 4.78 is 6.36. The smallest absolute Gasteiger partial charge is 0.136 e. The van der Waals surface area contributed by atoms with Crippen molar-refractivity contribution in [2.75, 3.05) is 11.9 Å². The summed E-state index contributed by atoms with van der Waals surface area (Å²) in [5.74, 6) is 1.77. The quantitative estimate of drug-likeness (QED) is 0.350. The maximum absolute atomic E-state index is 7.96. The Bertz CT molecular complexity index is 1500. The third-order valence-corrected chi connectivity index (χ3v) is 7.37. The predicted molar refractivity (Wildman–Crippen MR) is 136 cm³/mol. The van der Waals surface area contributed by atoms with Gasteiger partial charge in [-0.25, -0.2) is 0 Å². The number of fused-ring (bicyclic) bond motifs is 5. The van der Waals surface area contributed by atoms with Gasteiger partial charge >= 0.3 is 0 Å². The molecule has 33 heavy (non-hydrogen) atoms. The number of aryl methyl sites for hydroxylation is 1. The van der Waals surface area contributed by atoms with Gasteiger partial charge in [0.25, 0.3) is 0 Å². The molecule has 0 spiro atoms. The maximum Gasteiger partial charge on any atom is 0.136 e. The molecule has 0 aromatic heterocycles. The first-order chi connectivity index (χ1) is 15.9. The van der Waals surface area contributed by atoms with Gasteiger partial charge < -0.3 is 14.7 Å². The van der Waals surface area contributed by atoms with Crippen LogP contribution >= 0.6 is 0 Å². The molecule has 164 valence electrons. The third-order valence-electron chi connectivity index (χ3n) is 7.37. The molecular formula is C30H28N2O. The van der Waals surface area contributed by atoms with Crippen molar-refractivity contribution in [3.63, 3.8) is 0 Å². The zero-order chi connectivity index (χ0) is 22.7. The highest BCUT2D eigenvalue weighted by Crippen LogP contribution is 2.50. The van der Waals surface area contributed by atoms with E-state index < -0.39 is 0 Å². The second-order valence-electron chi connectivity index (χ2n) is 9.82. The minimum Gasteiger partial charge on any atom is -0.456 e. The summed E-state index contributed by atoms with van der Waals surface area (Å²) in [6, 6.07) is 21.0. The molecule has 2 aromatic rings. The Morgan fingerprint density at radius 3 is 2.70 bits per heavy atom. The van der Waals surface area contributed by atoms with Crippen molar-refractivity contribution in [1.82, 2.24) is 0 Å². The van der Waals surface area contributed by atoms with Gasteiger partial charge in [-0.3, -0.25) is 0 Å². The Morgan fingerprint density at radius 1 is 0.970 bits per heavy atom. The first-order valence-electron chi connectivity index (χ1n) is 11.7. The number of rotatable bonds is 1. The van der Waals surface area contributed by atoms with Gasteiger partial charge in [-0.2, -0.15) is 0 Å². The molecule has 0 saturated carbocycles. The van der Waals surface area contributed by atoms with Crippen LogP contribution in [0.15, 0.2) is 82.9 Å². The van der Waals surface area contributed by atoms with E-state index in [1.165, 1.54) is 38.9 Å². The van der Waals surface area contributed by atoms with Gasteiger partial charge in [0.15, 0.2) is 0 Å². The summed E-state index contributed by atoms with van der Waals surface area (Å²) in [6.45, 7) is 4.66. The van der Waals surface area contributed by atoms with Crippen molar-refractivity contribution in [3.05, 3.63) is 101 Å². The summed E-state index contributed by atoms with van der Waals surface area (Å²) in [5, 5.41) is 11.1. The van der Waals surface area contributed by atoms with E-state index in [2.05, 4.69) is 80.4 Å². The number of hydrogen-bond donors (Lipinski definition) is 1. The van der Waals surface area contributed by atoms with Crippen LogP contribution < -0.4 is 10.3 Å². The van der Waals surface area contributed by atoms with E-state index in [1.807, 2.05) is 18.2 Å². The van der Waals surface area contributed by atoms with Crippen molar-refractivity contribution in [1.29, 1.82) is 5.41 Å². The molecule has 0 bridgehead atoms. The normalized spacial score (nSPS) is 19.4. The standard InChI is InChI=1S/C30H28N2O/c1-30(2)27(32(3)25-15-12-19-7-4-5-10-24(19)28(25)30)16-13-20-8-6-9-22-17-21-11-14-23(31)18-26(21)33-29(20)22/h4-5,7,10-18,31H,6,8-9H2,1-3H3/b20-13+,27-16+,31-23?. The second-order valence-corrected chi connectivity index (χ2v) is 9.82. The summed E-state index contributed by atoms with van der Waals surface area (Å²) in [7, 11) is 2.18. The minimum atomic E-state index is -0.0971. The lowest BCUT2D eigenvalue weighted by Gasteiger charge is -2.25. The molecule has 4 aliphatic rings. The summed E-state index contributed by atoms with van der Waals surface area (Å²) in [6.07, 6.45) is 7.73. The van der Waals surface area contributed by atoms with E-state index in [4.69, 9.17) is 9.83 Å². The zero-order valence-corrected chi connectivity index (χ0v) is 19.4. The van der Waals surface area contributed by atoms with Crippen LogP contribution in [0.25, 0.3) is 27.7 Å². The molecule has 2 heterocycles. The van der Waals surface area contributed by atoms with Crippen LogP contribution in [0.4, 0.5) is 5.69 Å². The molecule has 1 N–H and O–H groups in total.